The van der Waals surface area contributed by atoms with Gasteiger partial charge in [-0.1, -0.05) is 0 Å². The van der Waals surface area contributed by atoms with E-state index in [1.54, 1.807) is 19.9 Å². The summed E-state index contributed by atoms with van der Waals surface area (Å²) in [4.78, 5) is 23.1. The van der Waals surface area contributed by atoms with E-state index in [0.29, 0.717) is 0 Å². The van der Waals surface area contributed by atoms with Crippen molar-refractivity contribution in [1.82, 2.24) is 0 Å². The third-order valence-electron chi connectivity index (χ3n) is 2.30. The molecular formula is C11H14O4. The molecule has 0 aromatic carbocycles. The van der Waals surface area contributed by atoms with Crippen LogP contribution >= 0.6 is 0 Å². The number of Topliss-reactive ketones (excluding diaryl/α,β-unsaturated/α-hetero) is 2. The Kier molecular flexibility index (Phi) is 3.42. The first-order chi connectivity index (χ1) is 6.97. The number of rotatable bonds is 5. The first-order valence-corrected chi connectivity index (χ1v) is 4.62. The lowest BCUT2D eigenvalue weighted by Crippen LogP contribution is -2.35. The highest BCUT2D eigenvalue weighted by atomic mass is 16.5. The fourth-order valence-corrected chi connectivity index (χ4v) is 0.997. The van der Waals surface area contributed by atoms with Gasteiger partial charge in [-0.15, -0.1) is 0 Å². The van der Waals surface area contributed by atoms with Crippen molar-refractivity contribution >= 4 is 11.6 Å². The van der Waals surface area contributed by atoms with E-state index in [1.807, 2.05) is 0 Å². The van der Waals surface area contributed by atoms with E-state index in [0.717, 1.165) is 0 Å². The Hall–Kier alpha value is -1.42. The Bertz CT molecular complexity index is 349. The summed E-state index contributed by atoms with van der Waals surface area (Å²) in [6.45, 7) is 3.26. The van der Waals surface area contributed by atoms with Crippen LogP contribution in [0.4, 0.5) is 0 Å². The maximum absolute atomic E-state index is 11.6. The quantitative estimate of drug-likeness (QED) is 0.549. The van der Waals surface area contributed by atoms with Gasteiger partial charge < -0.3 is 9.15 Å². The van der Waals surface area contributed by atoms with E-state index in [-0.39, 0.29) is 23.7 Å². The van der Waals surface area contributed by atoms with Gasteiger partial charge in [0.1, 0.15) is 5.60 Å². The molecule has 1 heterocycles. The van der Waals surface area contributed by atoms with Crippen LogP contribution in [-0.4, -0.2) is 24.3 Å². The number of ketones is 2. The van der Waals surface area contributed by atoms with E-state index >= 15 is 0 Å². The molecule has 4 heteroatoms. The molecule has 0 aliphatic heterocycles. The molecule has 15 heavy (non-hydrogen) atoms. The lowest BCUT2D eigenvalue weighted by atomic mass is 9.98. The fraction of sp³-hybridized carbons (Fsp3) is 0.455. The van der Waals surface area contributed by atoms with Crippen LogP contribution in [0.1, 0.15) is 30.8 Å². The Morgan fingerprint density at radius 1 is 1.47 bits per heavy atom. The lowest BCUT2D eigenvalue weighted by molar-refractivity contribution is -0.136. The minimum absolute atomic E-state index is 0.200. The number of hydrogen-bond donors (Lipinski definition) is 0. The van der Waals surface area contributed by atoms with Crippen LogP contribution < -0.4 is 0 Å². The molecule has 0 amide bonds. The third-order valence-corrected chi connectivity index (χ3v) is 2.30. The summed E-state index contributed by atoms with van der Waals surface area (Å²) in [5, 5.41) is 0. The zero-order valence-corrected chi connectivity index (χ0v) is 9.07. The van der Waals surface area contributed by atoms with Gasteiger partial charge in [-0.05, 0) is 26.0 Å². The number of hydrogen-bond acceptors (Lipinski definition) is 4. The number of methoxy groups -OCH3 is 1. The number of furan rings is 1. The van der Waals surface area contributed by atoms with Crippen LogP contribution in [-0.2, 0) is 9.53 Å². The molecule has 0 unspecified atom stereocenters. The van der Waals surface area contributed by atoms with Gasteiger partial charge in [0.25, 0.3) is 0 Å². The topological polar surface area (TPSA) is 56.5 Å². The van der Waals surface area contributed by atoms with E-state index in [1.165, 1.54) is 19.4 Å². The maximum Gasteiger partial charge on any atom is 0.205 e. The molecule has 82 valence electrons. The van der Waals surface area contributed by atoms with Gasteiger partial charge in [0.05, 0.1) is 12.7 Å². The third kappa shape index (κ3) is 2.76. The highest BCUT2D eigenvalue weighted by molar-refractivity contribution is 6.08. The molecule has 0 radical (unpaired) electrons. The van der Waals surface area contributed by atoms with Crippen LogP contribution in [0.5, 0.6) is 0 Å². The van der Waals surface area contributed by atoms with Gasteiger partial charge in [0, 0.05) is 7.11 Å². The summed E-state index contributed by atoms with van der Waals surface area (Å²) in [7, 11) is 1.44. The Balaban J connectivity index is 2.64. The van der Waals surface area contributed by atoms with Crippen molar-refractivity contribution in [3.8, 4) is 0 Å². The molecule has 0 fully saturated rings. The zero-order valence-electron chi connectivity index (χ0n) is 9.07. The molecule has 0 aliphatic carbocycles. The fourth-order valence-electron chi connectivity index (χ4n) is 0.997. The molecule has 0 N–H and O–H groups in total. The molecule has 1 rings (SSSR count). The number of carbonyl (C=O) groups excluding carboxylic acids is 2. The number of ether oxygens (including phenoxy) is 1. The molecule has 0 saturated heterocycles. The second-order valence-electron chi connectivity index (χ2n) is 3.71. The molecule has 0 bridgehead atoms. The van der Waals surface area contributed by atoms with Gasteiger partial charge >= 0.3 is 0 Å². The Morgan fingerprint density at radius 2 is 2.13 bits per heavy atom. The second-order valence-corrected chi connectivity index (χ2v) is 3.71. The summed E-state index contributed by atoms with van der Waals surface area (Å²) >= 11 is 0. The largest absolute Gasteiger partial charge is 0.461 e. The highest BCUT2D eigenvalue weighted by Gasteiger charge is 2.29. The van der Waals surface area contributed by atoms with Crippen molar-refractivity contribution in [3.05, 3.63) is 24.2 Å². The van der Waals surface area contributed by atoms with Gasteiger partial charge in [-0.2, -0.15) is 0 Å². The molecule has 1 aromatic heterocycles. The smallest absolute Gasteiger partial charge is 0.205 e. The van der Waals surface area contributed by atoms with Crippen LogP contribution in [0.2, 0.25) is 0 Å². The minimum Gasteiger partial charge on any atom is -0.461 e. The van der Waals surface area contributed by atoms with Gasteiger partial charge in [-0.25, -0.2) is 0 Å². The monoisotopic (exact) mass is 210 g/mol. The Labute approximate surface area is 88.2 Å². The summed E-state index contributed by atoms with van der Waals surface area (Å²) in [5.74, 6) is -0.378. The normalized spacial score (nSPS) is 11.4. The van der Waals surface area contributed by atoms with E-state index in [9.17, 15) is 9.59 Å². The molecule has 1 aromatic rings. The van der Waals surface area contributed by atoms with Gasteiger partial charge in [0.15, 0.2) is 11.5 Å². The lowest BCUT2D eigenvalue weighted by Gasteiger charge is -2.20. The SMILES string of the molecule is COC(C)(C)C(=O)CC(=O)c1ccco1. The van der Waals surface area contributed by atoms with Crippen molar-refractivity contribution in [3.63, 3.8) is 0 Å². The maximum atomic E-state index is 11.6. The van der Waals surface area contributed by atoms with E-state index in [2.05, 4.69) is 0 Å². The average molecular weight is 210 g/mol. The van der Waals surface area contributed by atoms with Gasteiger partial charge in [-0.3, -0.25) is 9.59 Å². The Morgan fingerprint density at radius 3 is 2.60 bits per heavy atom. The standard InChI is InChI=1S/C11H14O4/c1-11(2,14-3)10(13)7-8(12)9-5-4-6-15-9/h4-6H,7H2,1-3H3. The predicted octanol–water partition coefficient (Wildman–Crippen LogP) is 1.85. The van der Waals surface area contributed by atoms with Crippen molar-refractivity contribution in [2.24, 2.45) is 0 Å². The van der Waals surface area contributed by atoms with Crippen molar-refractivity contribution in [1.29, 1.82) is 0 Å². The van der Waals surface area contributed by atoms with Crippen LogP contribution in [0, 0.1) is 0 Å². The van der Waals surface area contributed by atoms with E-state index < -0.39 is 5.60 Å². The van der Waals surface area contributed by atoms with Gasteiger partial charge in [0.2, 0.25) is 5.78 Å². The summed E-state index contributed by atoms with van der Waals surface area (Å²) < 4.78 is 9.89. The van der Waals surface area contributed by atoms with Crippen LogP contribution in [0.3, 0.4) is 0 Å². The molecular weight excluding hydrogens is 196 g/mol. The van der Waals surface area contributed by atoms with Crippen LogP contribution in [0.15, 0.2) is 22.8 Å². The van der Waals surface area contributed by atoms with Crippen molar-refractivity contribution in [2.75, 3.05) is 7.11 Å². The second kappa shape index (κ2) is 4.40. The first kappa shape index (κ1) is 11.7. The average Bonchev–Trinajstić information content (AvgIpc) is 2.70. The zero-order chi connectivity index (χ0) is 11.5. The van der Waals surface area contributed by atoms with Crippen molar-refractivity contribution < 1.29 is 18.7 Å². The highest BCUT2D eigenvalue weighted by Crippen LogP contribution is 2.14. The molecule has 4 nitrogen and oxygen atoms in total. The van der Waals surface area contributed by atoms with Crippen molar-refractivity contribution in [2.45, 2.75) is 25.9 Å². The molecule has 0 saturated carbocycles. The molecule has 0 aliphatic rings. The summed E-state index contributed by atoms with van der Waals surface area (Å²) in [6.07, 6.45) is 1.20. The minimum atomic E-state index is -0.928. The summed E-state index contributed by atoms with van der Waals surface area (Å²) in [5.41, 5.74) is -0.928. The molecule has 0 spiro atoms. The molecule has 0 atom stereocenters. The predicted molar refractivity (Wildman–Crippen MR) is 53.8 cm³/mol. The first-order valence-electron chi connectivity index (χ1n) is 4.62. The number of carbonyl (C=O) groups is 2. The summed E-state index contributed by atoms with van der Waals surface area (Å²) in [6, 6.07) is 3.15. The van der Waals surface area contributed by atoms with E-state index in [4.69, 9.17) is 9.15 Å². The van der Waals surface area contributed by atoms with Crippen LogP contribution in [0.25, 0.3) is 0 Å².